The van der Waals surface area contributed by atoms with Crippen LogP contribution in [0.2, 0.25) is 10.0 Å². The summed E-state index contributed by atoms with van der Waals surface area (Å²) in [6.07, 6.45) is 3.47. The number of pyridine rings is 1. The lowest BCUT2D eigenvalue weighted by atomic mass is 10.1. The summed E-state index contributed by atoms with van der Waals surface area (Å²) in [5.41, 5.74) is 2.49. The molecule has 0 amide bonds. The maximum atomic E-state index is 12.6. The fraction of sp³-hybridized carbons (Fsp3) is 0.0909. The van der Waals surface area contributed by atoms with Crippen molar-refractivity contribution >= 4 is 40.7 Å². The van der Waals surface area contributed by atoms with E-state index in [2.05, 4.69) is 15.2 Å². The fourth-order valence-electron chi connectivity index (χ4n) is 2.90. The van der Waals surface area contributed by atoms with Crippen LogP contribution in [-0.2, 0) is 6.54 Å². The Morgan fingerprint density at radius 3 is 2.53 bits per heavy atom. The molecule has 0 aliphatic heterocycles. The number of hydrogen-bond acceptors (Lipinski definition) is 5. The van der Waals surface area contributed by atoms with E-state index in [4.69, 9.17) is 23.2 Å². The van der Waals surface area contributed by atoms with E-state index in [0.717, 1.165) is 11.1 Å². The third-order valence-corrected chi connectivity index (χ3v) is 6.10. The number of ketones is 1. The number of hydrogen-bond donors (Lipinski definition) is 0. The second-order valence-electron chi connectivity index (χ2n) is 6.46. The van der Waals surface area contributed by atoms with E-state index in [1.54, 1.807) is 30.6 Å². The highest BCUT2D eigenvalue weighted by Gasteiger charge is 2.17. The second-order valence-corrected chi connectivity index (χ2v) is 8.22. The van der Waals surface area contributed by atoms with Gasteiger partial charge in [-0.1, -0.05) is 65.3 Å². The van der Waals surface area contributed by atoms with Crippen molar-refractivity contribution in [3.8, 4) is 11.4 Å². The van der Waals surface area contributed by atoms with Gasteiger partial charge in [-0.2, -0.15) is 0 Å². The van der Waals surface area contributed by atoms with Gasteiger partial charge in [0.2, 0.25) is 0 Å². The molecule has 2 heterocycles. The molecule has 4 rings (SSSR count). The first-order chi connectivity index (χ1) is 14.6. The molecule has 0 spiro atoms. The molecule has 0 fully saturated rings. The normalized spacial score (nSPS) is 10.9. The van der Waals surface area contributed by atoms with Crippen molar-refractivity contribution in [2.75, 3.05) is 5.75 Å². The van der Waals surface area contributed by atoms with E-state index in [1.165, 1.54) is 11.8 Å². The predicted octanol–water partition coefficient (Wildman–Crippen LogP) is 5.67. The van der Waals surface area contributed by atoms with Crippen molar-refractivity contribution < 1.29 is 4.79 Å². The van der Waals surface area contributed by atoms with Crippen molar-refractivity contribution in [1.82, 2.24) is 19.7 Å². The third kappa shape index (κ3) is 4.73. The van der Waals surface area contributed by atoms with E-state index in [9.17, 15) is 4.79 Å². The zero-order valence-electron chi connectivity index (χ0n) is 15.7. The van der Waals surface area contributed by atoms with E-state index in [1.807, 2.05) is 47.0 Å². The summed E-state index contributed by atoms with van der Waals surface area (Å²) in [4.78, 5) is 16.8. The number of nitrogens with zero attached hydrogens (tertiary/aromatic N) is 4. The summed E-state index contributed by atoms with van der Waals surface area (Å²) >= 11 is 13.3. The predicted molar refractivity (Wildman–Crippen MR) is 120 cm³/mol. The highest BCUT2D eigenvalue weighted by molar-refractivity contribution is 7.99. The van der Waals surface area contributed by atoms with Gasteiger partial charge in [0, 0.05) is 23.5 Å². The van der Waals surface area contributed by atoms with Crippen LogP contribution in [0, 0.1) is 0 Å². The van der Waals surface area contributed by atoms with E-state index < -0.39 is 0 Å². The molecule has 0 saturated carbocycles. The van der Waals surface area contributed by atoms with Crippen LogP contribution >= 0.6 is 35.0 Å². The van der Waals surface area contributed by atoms with Gasteiger partial charge in [0.1, 0.15) is 0 Å². The summed E-state index contributed by atoms with van der Waals surface area (Å²) in [5, 5.41) is 10.1. The summed E-state index contributed by atoms with van der Waals surface area (Å²) in [6.45, 7) is 0.585. The van der Waals surface area contributed by atoms with Crippen LogP contribution in [-0.4, -0.2) is 31.3 Å². The smallest absolute Gasteiger partial charge is 0.192 e. The van der Waals surface area contributed by atoms with E-state index >= 15 is 0 Å². The summed E-state index contributed by atoms with van der Waals surface area (Å²) in [5.74, 6) is 0.852. The molecule has 8 heteroatoms. The molecule has 30 heavy (non-hydrogen) atoms. The number of carbonyl (C=O) groups excluding carboxylic acids is 1. The number of benzene rings is 2. The van der Waals surface area contributed by atoms with Crippen molar-refractivity contribution in [1.29, 1.82) is 0 Å². The Morgan fingerprint density at radius 2 is 1.80 bits per heavy atom. The molecule has 0 bridgehead atoms. The van der Waals surface area contributed by atoms with Crippen molar-refractivity contribution in [2.45, 2.75) is 11.7 Å². The Labute approximate surface area is 188 Å². The molecule has 0 aliphatic carbocycles. The van der Waals surface area contributed by atoms with Crippen LogP contribution in [0.15, 0.2) is 78.2 Å². The average Bonchev–Trinajstić information content (AvgIpc) is 3.17. The third-order valence-electron chi connectivity index (χ3n) is 4.39. The molecule has 0 atom stereocenters. The van der Waals surface area contributed by atoms with Gasteiger partial charge in [-0.25, -0.2) is 0 Å². The first kappa shape index (κ1) is 20.6. The van der Waals surface area contributed by atoms with Crippen LogP contribution in [0.4, 0.5) is 0 Å². The Morgan fingerprint density at radius 1 is 0.967 bits per heavy atom. The molecule has 150 valence electrons. The van der Waals surface area contributed by atoms with Gasteiger partial charge in [0.05, 0.1) is 22.3 Å². The molecular weight excluding hydrogens is 439 g/mol. The second kappa shape index (κ2) is 9.43. The first-order valence-corrected chi connectivity index (χ1v) is 10.8. The molecule has 0 aliphatic rings. The Kier molecular flexibility index (Phi) is 6.47. The molecule has 0 saturated heterocycles. The van der Waals surface area contributed by atoms with Crippen LogP contribution in [0.1, 0.15) is 15.9 Å². The van der Waals surface area contributed by atoms with Gasteiger partial charge in [-0.15, -0.1) is 10.2 Å². The topological polar surface area (TPSA) is 60.7 Å². The van der Waals surface area contributed by atoms with Crippen molar-refractivity contribution in [2.24, 2.45) is 0 Å². The number of aromatic nitrogens is 4. The fourth-order valence-corrected chi connectivity index (χ4v) is 4.03. The van der Waals surface area contributed by atoms with E-state index in [-0.39, 0.29) is 11.5 Å². The maximum absolute atomic E-state index is 12.6. The average molecular weight is 455 g/mol. The van der Waals surface area contributed by atoms with Gasteiger partial charge >= 0.3 is 0 Å². The Bertz CT molecular complexity index is 1170. The highest BCUT2D eigenvalue weighted by Crippen LogP contribution is 2.27. The minimum Gasteiger partial charge on any atom is -0.297 e. The number of carbonyl (C=O) groups is 1. The number of Topliss-reactive ketones (excluding diaryl/α,β-unsaturated/α-hetero) is 1. The molecule has 0 N–H and O–H groups in total. The molecular formula is C22H16Cl2N4OS. The molecule has 0 radical (unpaired) electrons. The number of thioether (sulfide) groups is 1. The Hall–Kier alpha value is -2.67. The molecule has 0 unspecified atom stereocenters. The van der Waals surface area contributed by atoms with E-state index in [0.29, 0.717) is 33.1 Å². The minimum atomic E-state index is -0.0595. The molecule has 2 aromatic carbocycles. The number of rotatable bonds is 7. The lowest BCUT2D eigenvalue weighted by Crippen LogP contribution is -2.07. The van der Waals surface area contributed by atoms with Crippen LogP contribution in [0.5, 0.6) is 0 Å². The van der Waals surface area contributed by atoms with Gasteiger partial charge in [-0.05, 0) is 35.9 Å². The molecule has 2 aromatic heterocycles. The quantitative estimate of drug-likeness (QED) is 0.266. The largest absolute Gasteiger partial charge is 0.297 e. The molecule has 4 aromatic rings. The van der Waals surface area contributed by atoms with Crippen LogP contribution in [0.3, 0.4) is 0 Å². The van der Waals surface area contributed by atoms with Crippen molar-refractivity contribution in [3.63, 3.8) is 0 Å². The van der Waals surface area contributed by atoms with Crippen molar-refractivity contribution in [3.05, 3.63) is 94.2 Å². The first-order valence-electron chi connectivity index (χ1n) is 9.10. The highest BCUT2D eigenvalue weighted by atomic mass is 35.5. The standard InChI is InChI=1S/C22H16Cl2N4OS/c23-18-9-8-16(11-19(18)24)20(29)14-30-22-27-26-21(17-7-4-10-25-12-17)28(22)13-15-5-2-1-3-6-15/h1-12H,13-14H2. The van der Waals surface area contributed by atoms with Gasteiger partial charge in [0.15, 0.2) is 16.8 Å². The Balaban J connectivity index is 1.60. The zero-order chi connectivity index (χ0) is 20.9. The maximum Gasteiger partial charge on any atom is 0.192 e. The van der Waals surface area contributed by atoms with Crippen LogP contribution in [0.25, 0.3) is 11.4 Å². The zero-order valence-corrected chi connectivity index (χ0v) is 18.0. The van der Waals surface area contributed by atoms with Gasteiger partial charge < -0.3 is 0 Å². The van der Waals surface area contributed by atoms with Gasteiger partial charge in [-0.3, -0.25) is 14.3 Å². The lowest BCUT2D eigenvalue weighted by molar-refractivity contribution is 0.102. The number of halogens is 2. The minimum absolute atomic E-state index is 0.0595. The monoisotopic (exact) mass is 454 g/mol. The van der Waals surface area contributed by atoms with Gasteiger partial charge in [0.25, 0.3) is 0 Å². The SMILES string of the molecule is O=C(CSc1nnc(-c2cccnc2)n1Cc1ccccc1)c1ccc(Cl)c(Cl)c1. The van der Waals surface area contributed by atoms with Crippen LogP contribution < -0.4 is 0 Å². The lowest BCUT2D eigenvalue weighted by Gasteiger charge is -2.10. The summed E-state index contributed by atoms with van der Waals surface area (Å²) < 4.78 is 2.00. The summed E-state index contributed by atoms with van der Waals surface area (Å²) in [7, 11) is 0. The summed E-state index contributed by atoms with van der Waals surface area (Å²) in [6, 6.07) is 18.7. The molecule has 5 nitrogen and oxygen atoms in total.